The summed E-state index contributed by atoms with van der Waals surface area (Å²) in [7, 11) is 0. The van der Waals surface area contributed by atoms with Gasteiger partial charge >= 0.3 is 0 Å². The number of benzene rings is 2. The fraction of sp³-hybridized carbons (Fsp3) is 0.176. The van der Waals surface area contributed by atoms with Gasteiger partial charge in [-0.05, 0) is 42.8 Å². The van der Waals surface area contributed by atoms with E-state index in [0.717, 1.165) is 10.0 Å². The number of carbonyl (C=O) groups excluding carboxylic acids is 2. The zero-order chi connectivity index (χ0) is 17.5. The largest absolute Gasteiger partial charge is 0.482 e. The zero-order valence-corrected chi connectivity index (χ0v) is 15.3. The number of hydrogen-bond donors (Lipinski definition) is 2. The molecule has 0 unspecified atom stereocenters. The summed E-state index contributed by atoms with van der Waals surface area (Å²) in [5.41, 5.74) is 1.62. The molecule has 0 fully saturated rings. The van der Waals surface area contributed by atoms with E-state index in [1.807, 2.05) is 19.1 Å². The molecule has 0 aliphatic rings. The zero-order valence-electron chi connectivity index (χ0n) is 12.9. The van der Waals surface area contributed by atoms with Crippen LogP contribution in [0.25, 0.3) is 0 Å². The molecule has 0 radical (unpaired) electrons. The number of carbonyl (C=O) groups is 2. The minimum Gasteiger partial charge on any atom is -0.482 e. The van der Waals surface area contributed by atoms with E-state index in [-0.39, 0.29) is 19.1 Å². The number of para-hydroxylation sites is 1. The van der Waals surface area contributed by atoms with Gasteiger partial charge in [0.05, 0.1) is 11.6 Å². The maximum atomic E-state index is 11.9. The van der Waals surface area contributed by atoms with Crippen molar-refractivity contribution in [2.24, 2.45) is 0 Å². The smallest absolute Gasteiger partial charge is 0.258 e. The number of aryl methyl sites for hydroxylation is 1. The Morgan fingerprint density at radius 1 is 1.17 bits per heavy atom. The Hall–Kier alpha value is -2.05. The molecule has 5 nitrogen and oxygen atoms in total. The Balaban J connectivity index is 1.77. The van der Waals surface area contributed by atoms with Crippen LogP contribution in [-0.4, -0.2) is 25.0 Å². The first-order valence-electron chi connectivity index (χ1n) is 7.16. The lowest BCUT2D eigenvalue weighted by Gasteiger charge is -2.10. The van der Waals surface area contributed by atoms with E-state index < -0.39 is 5.91 Å². The molecule has 0 aliphatic heterocycles. The second-order valence-electron chi connectivity index (χ2n) is 5.00. The Morgan fingerprint density at radius 3 is 2.62 bits per heavy atom. The Bertz CT molecular complexity index is 752. The molecule has 0 atom stereocenters. The molecule has 2 aromatic rings. The Kier molecular flexibility index (Phi) is 6.63. The molecular weight excluding hydrogens is 396 g/mol. The predicted octanol–water partition coefficient (Wildman–Crippen LogP) is 3.54. The monoisotopic (exact) mass is 410 g/mol. The molecule has 2 aromatic carbocycles. The highest BCUT2D eigenvalue weighted by Gasteiger charge is 2.09. The fourth-order valence-corrected chi connectivity index (χ4v) is 2.56. The lowest BCUT2D eigenvalue weighted by Crippen LogP contribution is -2.35. The SMILES string of the molecule is Cc1cc(Br)ccc1NC(=O)CNC(=O)COc1ccccc1Cl. The first kappa shape index (κ1) is 18.3. The predicted molar refractivity (Wildman–Crippen MR) is 97.5 cm³/mol. The first-order valence-corrected chi connectivity index (χ1v) is 8.33. The average Bonchev–Trinajstić information content (AvgIpc) is 2.55. The summed E-state index contributed by atoms with van der Waals surface area (Å²) in [5, 5.41) is 5.66. The molecule has 0 saturated heterocycles. The van der Waals surface area contributed by atoms with Gasteiger partial charge in [0.2, 0.25) is 5.91 Å². The number of ether oxygens (including phenoxy) is 1. The van der Waals surface area contributed by atoms with Crippen molar-refractivity contribution in [2.45, 2.75) is 6.92 Å². The average molecular weight is 412 g/mol. The second kappa shape index (κ2) is 8.70. The quantitative estimate of drug-likeness (QED) is 0.764. The molecule has 24 heavy (non-hydrogen) atoms. The number of amides is 2. The van der Waals surface area contributed by atoms with Crippen LogP contribution in [0.5, 0.6) is 5.75 Å². The minimum absolute atomic E-state index is 0.139. The Morgan fingerprint density at radius 2 is 1.92 bits per heavy atom. The van der Waals surface area contributed by atoms with Crippen LogP contribution < -0.4 is 15.4 Å². The maximum absolute atomic E-state index is 11.9. The van der Waals surface area contributed by atoms with Crippen molar-refractivity contribution in [3.05, 3.63) is 57.5 Å². The summed E-state index contributed by atoms with van der Waals surface area (Å²) >= 11 is 9.29. The number of nitrogens with one attached hydrogen (secondary N) is 2. The van der Waals surface area contributed by atoms with Crippen LogP contribution in [0.3, 0.4) is 0 Å². The van der Waals surface area contributed by atoms with Gasteiger partial charge in [0.15, 0.2) is 6.61 Å². The Labute approximate surface area is 153 Å². The van der Waals surface area contributed by atoms with Gasteiger partial charge < -0.3 is 15.4 Å². The summed E-state index contributed by atoms with van der Waals surface area (Å²) in [5.74, 6) is -0.298. The van der Waals surface area contributed by atoms with E-state index >= 15 is 0 Å². The van der Waals surface area contributed by atoms with Gasteiger partial charge in [-0.2, -0.15) is 0 Å². The van der Waals surface area contributed by atoms with E-state index in [1.54, 1.807) is 30.3 Å². The lowest BCUT2D eigenvalue weighted by atomic mass is 10.2. The van der Waals surface area contributed by atoms with E-state index in [1.165, 1.54) is 0 Å². The standard InChI is InChI=1S/C17H16BrClN2O3/c1-11-8-12(18)6-7-14(11)21-16(22)9-20-17(23)10-24-15-5-3-2-4-13(15)19/h2-8H,9-10H2,1H3,(H,20,23)(H,21,22). The first-order chi connectivity index (χ1) is 11.5. The van der Waals surface area contributed by atoms with Crippen LogP contribution in [0.4, 0.5) is 5.69 Å². The van der Waals surface area contributed by atoms with Crippen molar-refractivity contribution < 1.29 is 14.3 Å². The van der Waals surface area contributed by atoms with Crippen LogP contribution in [0.1, 0.15) is 5.56 Å². The molecule has 2 N–H and O–H groups in total. The van der Waals surface area contributed by atoms with Crippen molar-refractivity contribution in [3.8, 4) is 5.75 Å². The molecular formula is C17H16BrClN2O3. The highest BCUT2D eigenvalue weighted by molar-refractivity contribution is 9.10. The van der Waals surface area contributed by atoms with Gasteiger partial charge in [0, 0.05) is 10.2 Å². The van der Waals surface area contributed by atoms with Gasteiger partial charge in [-0.15, -0.1) is 0 Å². The van der Waals surface area contributed by atoms with Gasteiger partial charge in [0.1, 0.15) is 5.75 Å². The third-order valence-electron chi connectivity index (χ3n) is 3.10. The normalized spacial score (nSPS) is 10.1. The molecule has 2 amide bonds. The van der Waals surface area contributed by atoms with Gasteiger partial charge in [-0.25, -0.2) is 0 Å². The van der Waals surface area contributed by atoms with Crippen molar-refractivity contribution in [2.75, 3.05) is 18.5 Å². The second-order valence-corrected chi connectivity index (χ2v) is 6.33. The van der Waals surface area contributed by atoms with E-state index in [2.05, 4.69) is 26.6 Å². The number of halogens is 2. The van der Waals surface area contributed by atoms with Gasteiger partial charge in [0.25, 0.3) is 5.91 Å². The van der Waals surface area contributed by atoms with Crippen LogP contribution >= 0.6 is 27.5 Å². The van der Waals surface area contributed by atoms with Crippen LogP contribution in [0, 0.1) is 6.92 Å². The summed E-state index contributed by atoms with van der Waals surface area (Å²) in [6.45, 7) is 1.53. The third kappa shape index (κ3) is 5.54. The van der Waals surface area contributed by atoms with Crippen LogP contribution in [0.2, 0.25) is 5.02 Å². The van der Waals surface area contributed by atoms with E-state index in [0.29, 0.717) is 16.5 Å². The highest BCUT2D eigenvalue weighted by atomic mass is 79.9. The van der Waals surface area contributed by atoms with Crippen molar-refractivity contribution >= 4 is 45.0 Å². The summed E-state index contributed by atoms with van der Waals surface area (Å²) in [6, 6.07) is 12.4. The van der Waals surface area contributed by atoms with Crippen molar-refractivity contribution in [1.29, 1.82) is 0 Å². The maximum Gasteiger partial charge on any atom is 0.258 e. The molecule has 7 heteroatoms. The number of rotatable bonds is 6. The van der Waals surface area contributed by atoms with E-state index in [9.17, 15) is 9.59 Å². The molecule has 126 valence electrons. The minimum atomic E-state index is -0.405. The summed E-state index contributed by atoms with van der Waals surface area (Å²) in [6.07, 6.45) is 0. The molecule has 0 aliphatic carbocycles. The van der Waals surface area contributed by atoms with Crippen LogP contribution in [-0.2, 0) is 9.59 Å². The molecule has 0 aromatic heterocycles. The lowest BCUT2D eigenvalue weighted by molar-refractivity contribution is -0.125. The topological polar surface area (TPSA) is 67.4 Å². The molecule has 2 rings (SSSR count). The highest BCUT2D eigenvalue weighted by Crippen LogP contribution is 2.22. The fourth-order valence-electron chi connectivity index (χ4n) is 1.90. The number of anilines is 1. The molecule has 0 spiro atoms. The summed E-state index contributed by atoms with van der Waals surface area (Å²) in [4.78, 5) is 23.6. The van der Waals surface area contributed by atoms with Crippen molar-refractivity contribution in [1.82, 2.24) is 5.32 Å². The van der Waals surface area contributed by atoms with Gasteiger partial charge in [-0.3, -0.25) is 9.59 Å². The number of hydrogen-bond acceptors (Lipinski definition) is 3. The molecule has 0 bridgehead atoms. The third-order valence-corrected chi connectivity index (χ3v) is 3.91. The summed E-state index contributed by atoms with van der Waals surface area (Å²) < 4.78 is 6.23. The van der Waals surface area contributed by atoms with Crippen LogP contribution in [0.15, 0.2) is 46.9 Å². The molecule has 0 heterocycles. The van der Waals surface area contributed by atoms with E-state index in [4.69, 9.17) is 16.3 Å². The molecule has 0 saturated carbocycles. The van der Waals surface area contributed by atoms with Crippen molar-refractivity contribution in [3.63, 3.8) is 0 Å². The van der Waals surface area contributed by atoms with Gasteiger partial charge in [-0.1, -0.05) is 39.7 Å².